The molecule has 1 aliphatic heterocycles. The molecule has 0 spiro atoms. The molecule has 3 rings (SSSR count). The standard InChI is InChI=1S/C17H26N6OS.HI/c1-3-19-16(20-11-14-12-23-8-9-25-17(23)21-14)22-6-4-13(5-7-22)10-15(24)18-2;/h8-9,12-13H,3-7,10-11H2,1-2H3,(H,18,24)(H,19,20);1H. The van der Waals surface area contributed by atoms with E-state index < -0.39 is 0 Å². The molecule has 1 amide bonds. The van der Waals surface area contributed by atoms with E-state index in [1.165, 1.54) is 0 Å². The summed E-state index contributed by atoms with van der Waals surface area (Å²) in [5, 5.41) is 8.13. The first-order valence-corrected chi connectivity index (χ1v) is 9.72. The van der Waals surface area contributed by atoms with Gasteiger partial charge >= 0.3 is 0 Å². The van der Waals surface area contributed by atoms with Crippen molar-refractivity contribution in [2.45, 2.75) is 32.7 Å². The number of hydrogen-bond acceptors (Lipinski definition) is 4. The Kier molecular flexibility index (Phi) is 8.14. The van der Waals surface area contributed by atoms with Crippen LogP contribution in [0, 0.1) is 5.92 Å². The molecule has 2 aromatic rings. The summed E-state index contributed by atoms with van der Waals surface area (Å²) in [7, 11) is 1.70. The van der Waals surface area contributed by atoms with Gasteiger partial charge in [-0.1, -0.05) is 0 Å². The van der Waals surface area contributed by atoms with Gasteiger partial charge in [-0.2, -0.15) is 0 Å². The van der Waals surface area contributed by atoms with Gasteiger partial charge in [-0.25, -0.2) is 9.98 Å². The van der Waals surface area contributed by atoms with Crippen LogP contribution in [0.3, 0.4) is 0 Å². The summed E-state index contributed by atoms with van der Waals surface area (Å²) in [5.41, 5.74) is 0.983. The molecule has 2 aromatic heterocycles. The number of likely N-dealkylation sites (tertiary alicyclic amines) is 1. The molecule has 1 fully saturated rings. The van der Waals surface area contributed by atoms with Crippen molar-refractivity contribution < 1.29 is 4.79 Å². The highest BCUT2D eigenvalue weighted by Gasteiger charge is 2.23. The summed E-state index contributed by atoms with van der Waals surface area (Å²) in [5.74, 6) is 1.55. The predicted molar refractivity (Wildman–Crippen MR) is 116 cm³/mol. The fourth-order valence-corrected chi connectivity index (χ4v) is 3.87. The van der Waals surface area contributed by atoms with E-state index in [1.54, 1.807) is 18.4 Å². The Morgan fingerprint density at radius 1 is 1.42 bits per heavy atom. The van der Waals surface area contributed by atoms with E-state index in [9.17, 15) is 4.79 Å². The topological polar surface area (TPSA) is 74.0 Å². The Balaban J connectivity index is 0.00000243. The fraction of sp³-hybridized carbons (Fsp3) is 0.588. The molecular formula is C17H27IN6OS. The van der Waals surface area contributed by atoms with Crippen LogP contribution in [0.15, 0.2) is 22.8 Å². The van der Waals surface area contributed by atoms with Gasteiger partial charge in [-0.15, -0.1) is 35.3 Å². The third-order valence-electron chi connectivity index (χ3n) is 4.54. The first-order chi connectivity index (χ1) is 12.2. The zero-order valence-corrected chi connectivity index (χ0v) is 18.4. The number of halogens is 1. The van der Waals surface area contributed by atoms with Gasteiger partial charge in [-0.05, 0) is 25.7 Å². The van der Waals surface area contributed by atoms with Crippen molar-refractivity contribution >= 4 is 52.1 Å². The van der Waals surface area contributed by atoms with Crippen molar-refractivity contribution in [2.24, 2.45) is 10.9 Å². The quantitative estimate of drug-likeness (QED) is 0.384. The van der Waals surface area contributed by atoms with Gasteiger partial charge in [0.2, 0.25) is 5.91 Å². The predicted octanol–water partition coefficient (Wildman–Crippen LogP) is 2.33. The molecule has 1 aliphatic rings. The van der Waals surface area contributed by atoms with Gasteiger partial charge in [0, 0.05) is 50.9 Å². The van der Waals surface area contributed by atoms with E-state index in [0.29, 0.717) is 18.9 Å². The highest BCUT2D eigenvalue weighted by Crippen LogP contribution is 2.20. The van der Waals surface area contributed by atoms with Crippen LogP contribution in [-0.4, -0.2) is 52.8 Å². The summed E-state index contributed by atoms with van der Waals surface area (Å²) in [6, 6.07) is 0. The Morgan fingerprint density at radius 3 is 2.85 bits per heavy atom. The molecule has 0 aromatic carbocycles. The normalized spacial score (nSPS) is 15.8. The monoisotopic (exact) mass is 490 g/mol. The lowest BCUT2D eigenvalue weighted by Gasteiger charge is -2.34. The molecule has 9 heteroatoms. The second kappa shape index (κ2) is 10.1. The average molecular weight is 490 g/mol. The van der Waals surface area contributed by atoms with Gasteiger partial charge in [0.1, 0.15) is 0 Å². The van der Waals surface area contributed by atoms with Crippen LogP contribution in [0.4, 0.5) is 0 Å². The van der Waals surface area contributed by atoms with Gasteiger partial charge in [0.15, 0.2) is 10.9 Å². The SMILES string of the molecule is CCNC(=NCc1cn2ccsc2n1)N1CCC(CC(=O)NC)CC1.I. The number of fused-ring (bicyclic) bond motifs is 1. The molecule has 26 heavy (non-hydrogen) atoms. The number of guanidine groups is 1. The smallest absolute Gasteiger partial charge is 0.220 e. The van der Waals surface area contributed by atoms with Crippen molar-refractivity contribution in [2.75, 3.05) is 26.7 Å². The maximum Gasteiger partial charge on any atom is 0.220 e. The van der Waals surface area contributed by atoms with E-state index in [2.05, 4.69) is 27.4 Å². The molecule has 7 nitrogen and oxygen atoms in total. The molecule has 1 saturated heterocycles. The van der Waals surface area contributed by atoms with Crippen LogP contribution in [0.2, 0.25) is 0 Å². The molecule has 0 bridgehead atoms. The molecule has 0 unspecified atom stereocenters. The van der Waals surface area contributed by atoms with Crippen LogP contribution >= 0.6 is 35.3 Å². The zero-order valence-electron chi connectivity index (χ0n) is 15.3. The number of carbonyl (C=O) groups is 1. The maximum absolute atomic E-state index is 11.5. The number of aliphatic imine (C=N–C) groups is 1. The number of thiazole rings is 1. The Morgan fingerprint density at radius 2 is 2.19 bits per heavy atom. The van der Waals surface area contributed by atoms with E-state index >= 15 is 0 Å². The number of amides is 1. The van der Waals surface area contributed by atoms with Crippen molar-refractivity contribution in [1.29, 1.82) is 0 Å². The highest BCUT2D eigenvalue weighted by atomic mass is 127. The minimum absolute atomic E-state index is 0. The first-order valence-electron chi connectivity index (χ1n) is 8.84. The molecular weight excluding hydrogens is 463 g/mol. The van der Waals surface area contributed by atoms with Crippen LogP contribution in [-0.2, 0) is 11.3 Å². The number of imidazole rings is 1. The summed E-state index contributed by atoms with van der Waals surface area (Å²) in [6.07, 6.45) is 6.73. The van der Waals surface area contributed by atoms with Gasteiger partial charge in [-0.3, -0.25) is 9.20 Å². The maximum atomic E-state index is 11.5. The first kappa shape index (κ1) is 20.9. The van der Waals surface area contributed by atoms with Crippen LogP contribution < -0.4 is 10.6 Å². The van der Waals surface area contributed by atoms with Gasteiger partial charge in [0.05, 0.1) is 12.2 Å². The van der Waals surface area contributed by atoms with Crippen molar-refractivity contribution in [3.63, 3.8) is 0 Å². The molecule has 0 saturated carbocycles. The molecule has 0 radical (unpaired) electrons. The summed E-state index contributed by atoms with van der Waals surface area (Å²) in [4.78, 5) is 24.2. The zero-order chi connectivity index (χ0) is 17.6. The minimum atomic E-state index is 0. The molecule has 3 heterocycles. The summed E-state index contributed by atoms with van der Waals surface area (Å²) >= 11 is 1.63. The molecule has 0 atom stereocenters. The number of hydrogen-bond donors (Lipinski definition) is 2. The van der Waals surface area contributed by atoms with Gasteiger partial charge < -0.3 is 15.5 Å². The van der Waals surface area contributed by atoms with Crippen LogP contribution in [0.1, 0.15) is 31.9 Å². The highest BCUT2D eigenvalue weighted by molar-refractivity contribution is 14.0. The van der Waals surface area contributed by atoms with Crippen molar-refractivity contribution in [1.82, 2.24) is 24.9 Å². The number of rotatable bonds is 5. The fourth-order valence-electron chi connectivity index (χ4n) is 3.15. The third kappa shape index (κ3) is 5.32. The average Bonchev–Trinajstić information content (AvgIpc) is 3.21. The van der Waals surface area contributed by atoms with Crippen molar-refractivity contribution in [3.05, 3.63) is 23.5 Å². The Hall–Kier alpha value is -1.36. The lowest BCUT2D eigenvalue weighted by molar-refractivity contribution is -0.121. The van der Waals surface area contributed by atoms with E-state index in [1.807, 2.05) is 22.2 Å². The Bertz CT molecular complexity index is 706. The molecule has 144 valence electrons. The number of aromatic nitrogens is 2. The van der Waals surface area contributed by atoms with Crippen molar-refractivity contribution in [3.8, 4) is 0 Å². The summed E-state index contributed by atoms with van der Waals surface area (Å²) in [6.45, 7) is 5.38. The number of carbonyl (C=O) groups excluding carboxylic acids is 1. The second-order valence-electron chi connectivity index (χ2n) is 6.30. The van der Waals surface area contributed by atoms with E-state index in [-0.39, 0.29) is 29.9 Å². The van der Waals surface area contributed by atoms with E-state index in [0.717, 1.165) is 49.1 Å². The third-order valence-corrected chi connectivity index (χ3v) is 5.31. The van der Waals surface area contributed by atoms with Crippen LogP contribution in [0.25, 0.3) is 4.96 Å². The molecule has 2 N–H and O–H groups in total. The molecule has 0 aliphatic carbocycles. The number of piperidine rings is 1. The van der Waals surface area contributed by atoms with Gasteiger partial charge in [0.25, 0.3) is 0 Å². The largest absolute Gasteiger partial charge is 0.359 e. The minimum Gasteiger partial charge on any atom is -0.359 e. The number of nitrogens with zero attached hydrogens (tertiary/aromatic N) is 4. The van der Waals surface area contributed by atoms with Crippen LogP contribution in [0.5, 0.6) is 0 Å². The van der Waals surface area contributed by atoms with E-state index in [4.69, 9.17) is 4.99 Å². The summed E-state index contributed by atoms with van der Waals surface area (Å²) < 4.78 is 2.03. The Labute approximate surface area is 175 Å². The number of nitrogens with one attached hydrogen (secondary N) is 2. The lowest BCUT2D eigenvalue weighted by atomic mass is 9.93. The second-order valence-corrected chi connectivity index (χ2v) is 7.18. The lowest BCUT2D eigenvalue weighted by Crippen LogP contribution is -2.46.